The van der Waals surface area contributed by atoms with Gasteiger partial charge in [0, 0.05) is 13.3 Å². The van der Waals surface area contributed by atoms with E-state index in [0.717, 1.165) is 5.56 Å². The van der Waals surface area contributed by atoms with Crippen LogP contribution in [-0.4, -0.2) is 36.0 Å². The number of esters is 1. The van der Waals surface area contributed by atoms with Gasteiger partial charge in [0.25, 0.3) is 0 Å². The molecule has 2 atom stereocenters. The average molecular weight is 348 g/mol. The van der Waals surface area contributed by atoms with Gasteiger partial charge in [-0.1, -0.05) is 44.2 Å². The molecule has 138 valence electrons. The maximum Gasteiger partial charge on any atom is 0.329 e. The minimum absolute atomic E-state index is 0.109. The van der Waals surface area contributed by atoms with Crippen molar-refractivity contribution >= 4 is 17.8 Å². The number of hydrogen-bond donors (Lipinski definition) is 2. The van der Waals surface area contributed by atoms with Crippen molar-refractivity contribution in [2.75, 3.05) is 0 Å². The zero-order valence-corrected chi connectivity index (χ0v) is 15.5. The number of nitrogens with one attached hydrogen (secondary N) is 2. The molecule has 6 heteroatoms. The number of carbonyl (C=O) groups is 3. The number of hydrogen-bond acceptors (Lipinski definition) is 4. The molecule has 0 aliphatic carbocycles. The largest absolute Gasteiger partial charge is 0.461 e. The highest BCUT2D eigenvalue weighted by molar-refractivity contribution is 5.90. The Morgan fingerprint density at radius 3 is 2.08 bits per heavy atom. The van der Waals surface area contributed by atoms with E-state index in [9.17, 15) is 14.4 Å². The summed E-state index contributed by atoms with van der Waals surface area (Å²) in [6.45, 7) is 8.54. The van der Waals surface area contributed by atoms with E-state index in [2.05, 4.69) is 10.6 Å². The molecule has 0 aliphatic rings. The fourth-order valence-electron chi connectivity index (χ4n) is 2.37. The summed E-state index contributed by atoms with van der Waals surface area (Å²) in [5, 5.41) is 5.35. The summed E-state index contributed by atoms with van der Waals surface area (Å²) < 4.78 is 5.27. The lowest BCUT2D eigenvalue weighted by Crippen LogP contribution is -2.54. The highest BCUT2D eigenvalue weighted by Crippen LogP contribution is 2.08. The smallest absolute Gasteiger partial charge is 0.329 e. The van der Waals surface area contributed by atoms with Gasteiger partial charge in [0.2, 0.25) is 11.8 Å². The molecule has 6 nitrogen and oxygen atoms in total. The third-order valence-electron chi connectivity index (χ3n) is 3.54. The van der Waals surface area contributed by atoms with Gasteiger partial charge in [-0.15, -0.1) is 0 Å². The summed E-state index contributed by atoms with van der Waals surface area (Å²) in [5.74, 6) is -1.29. The van der Waals surface area contributed by atoms with Gasteiger partial charge in [-0.05, 0) is 25.3 Å². The van der Waals surface area contributed by atoms with Crippen LogP contribution in [0.3, 0.4) is 0 Å². The van der Waals surface area contributed by atoms with Gasteiger partial charge in [-0.3, -0.25) is 9.59 Å². The van der Waals surface area contributed by atoms with Gasteiger partial charge in [-0.25, -0.2) is 4.79 Å². The van der Waals surface area contributed by atoms with Crippen LogP contribution < -0.4 is 10.6 Å². The third kappa shape index (κ3) is 7.37. The summed E-state index contributed by atoms with van der Waals surface area (Å²) in [5.41, 5.74) is 0.911. The van der Waals surface area contributed by atoms with Crippen LogP contribution in [-0.2, 0) is 25.5 Å². The van der Waals surface area contributed by atoms with Gasteiger partial charge in [-0.2, -0.15) is 0 Å². The number of ether oxygens (including phenoxy) is 1. The second kappa shape index (κ2) is 9.81. The van der Waals surface area contributed by atoms with Crippen LogP contribution in [0, 0.1) is 5.92 Å². The van der Waals surface area contributed by atoms with E-state index in [1.165, 1.54) is 6.92 Å². The van der Waals surface area contributed by atoms with E-state index in [1.54, 1.807) is 13.8 Å². The van der Waals surface area contributed by atoms with E-state index in [0.29, 0.717) is 6.42 Å². The lowest BCUT2D eigenvalue weighted by Gasteiger charge is -2.25. The number of carbonyl (C=O) groups excluding carboxylic acids is 3. The van der Waals surface area contributed by atoms with Gasteiger partial charge in [0.15, 0.2) is 0 Å². The molecule has 1 rings (SSSR count). The molecule has 0 radical (unpaired) electrons. The van der Waals surface area contributed by atoms with E-state index in [1.807, 2.05) is 44.2 Å². The SMILES string of the molecule is CC(=O)N[C@H](C(=O)N[C@@H](Cc1ccccc1)C(=O)OC(C)C)C(C)C. The molecule has 0 spiro atoms. The third-order valence-corrected chi connectivity index (χ3v) is 3.54. The Kier molecular flexibility index (Phi) is 8.11. The Balaban J connectivity index is 2.92. The predicted octanol–water partition coefficient (Wildman–Crippen LogP) is 1.83. The molecule has 0 fully saturated rings. The van der Waals surface area contributed by atoms with E-state index >= 15 is 0 Å². The van der Waals surface area contributed by atoms with Crippen molar-refractivity contribution in [3.63, 3.8) is 0 Å². The summed E-state index contributed by atoms with van der Waals surface area (Å²) >= 11 is 0. The molecule has 0 unspecified atom stereocenters. The quantitative estimate of drug-likeness (QED) is 0.702. The van der Waals surface area contributed by atoms with Gasteiger partial charge in [0.05, 0.1) is 6.10 Å². The molecule has 25 heavy (non-hydrogen) atoms. The molecule has 2 amide bonds. The first-order chi connectivity index (χ1) is 11.7. The van der Waals surface area contributed by atoms with Crippen LogP contribution in [0.2, 0.25) is 0 Å². The van der Waals surface area contributed by atoms with Crippen LogP contribution in [0.5, 0.6) is 0 Å². The Hall–Kier alpha value is -2.37. The first-order valence-corrected chi connectivity index (χ1v) is 8.52. The molecule has 0 saturated heterocycles. The second-order valence-corrected chi connectivity index (χ2v) is 6.66. The van der Waals surface area contributed by atoms with Crippen molar-refractivity contribution in [2.45, 2.75) is 59.2 Å². The zero-order valence-electron chi connectivity index (χ0n) is 15.5. The molecule has 1 aromatic rings. The Morgan fingerprint density at radius 2 is 1.60 bits per heavy atom. The summed E-state index contributed by atoms with van der Waals surface area (Å²) in [7, 11) is 0. The Bertz CT molecular complexity index is 584. The fraction of sp³-hybridized carbons (Fsp3) is 0.526. The molecule has 0 heterocycles. The molecule has 2 N–H and O–H groups in total. The number of rotatable bonds is 8. The monoisotopic (exact) mass is 348 g/mol. The van der Waals surface area contributed by atoms with Crippen LogP contribution in [0.15, 0.2) is 30.3 Å². The fourth-order valence-corrected chi connectivity index (χ4v) is 2.37. The Morgan fingerprint density at radius 1 is 1.00 bits per heavy atom. The lowest BCUT2D eigenvalue weighted by atomic mass is 10.0. The standard InChI is InChI=1S/C19H28N2O4/c1-12(2)17(20-14(5)22)18(23)21-16(19(24)25-13(3)4)11-15-9-7-6-8-10-15/h6-10,12-13,16-17H,11H2,1-5H3,(H,20,22)(H,21,23)/t16-,17-/m0/s1. The summed E-state index contributed by atoms with van der Waals surface area (Å²) in [4.78, 5) is 36.3. The van der Waals surface area contributed by atoms with Crippen LogP contribution in [0.25, 0.3) is 0 Å². The number of benzene rings is 1. The van der Waals surface area contributed by atoms with Gasteiger partial charge in [0.1, 0.15) is 12.1 Å². The summed E-state index contributed by atoms with van der Waals surface area (Å²) in [6, 6.07) is 7.88. The van der Waals surface area contributed by atoms with Crippen molar-refractivity contribution < 1.29 is 19.1 Å². The molecule has 0 aliphatic heterocycles. The van der Waals surface area contributed by atoms with Crippen LogP contribution in [0.4, 0.5) is 0 Å². The summed E-state index contributed by atoms with van der Waals surface area (Å²) in [6.07, 6.45) is 0.0437. The highest BCUT2D eigenvalue weighted by Gasteiger charge is 2.29. The van der Waals surface area contributed by atoms with Crippen molar-refractivity contribution in [1.82, 2.24) is 10.6 Å². The number of amides is 2. The second-order valence-electron chi connectivity index (χ2n) is 6.66. The molecule has 0 bridgehead atoms. The minimum atomic E-state index is -0.813. The molecule has 0 saturated carbocycles. The van der Waals surface area contributed by atoms with Crippen LogP contribution >= 0.6 is 0 Å². The van der Waals surface area contributed by atoms with Crippen molar-refractivity contribution in [3.05, 3.63) is 35.9 Å². The Labute approximate surface area is 149 Å². The van der Waals surface area contributed by atoms with Gasteiger partial charge >= 0.3 is 5.97 Å². The molecule has 0 aromatic heterocycles. The molecule has 1 aromatic carbocycles. The predicted molar refractivity (Wildman–Crippen MR) is 95.7 cm³/mol. The lowest BCUT2D eigenvalue weighted by molar-refractivity contribution is -0.151. The van der Waals surface area contributed by atoms with E-state index < -0.39 is 24.0 Å². The maximum absolute atomic E-state index is 12.6. The minimum Gasteiger partial charge on any atom is -0.461 e. The van der Waals surface area contributed by atoms with Crippen molar-refractivity contribution in [3.8, 4) is 0 Å². The van der Waals surface area contributed by atoms with Crippen LogP contribution in [0.1, 0.15) is 40.2 Å². The van der Waals surface area contributed by atoms with Gasteiger partial charge < -0.3 is 15.4 Å². The average Bonchev–Trinajstić information content (AvgIpc) is 2.51. The maximum atomic E-state index is 12.6. The normalized spacial score (nSPS) is 13.2. The van der Waals surface area contributed by atoms with Crippen molar-refractivity contribution in [2.24, 2.45) is 5.92 Å². The van der Waals surface area contributed by atoms with E-state index in [-0.39, 0.29) is 17.9 Å². The topological polar surface area (TPSA) is 84.5 Å². The highest BCUT2D eigenvalue weighted by atomic mass is 16.5. The van der Waals surface area contributed by atoms with Crippen molar-refractivity contribution in [1.29, 1.82) is 0 Å². The first-order valence-electron chi connectivity index (χ1n) is 8.52. The van der Waals surface area contributed by atoms with E-state index in [4.69, 9.17) is 4.74 Å². The zero-order chi connectivity index (χ0) is 19.0. The molecular weight excluding hydrogens is 320 g/mol. The molecular formula is C19H28N2O4. The first kappa shape index (κ1) is 20.7.